The number of aromatic amines is 1. The molecule has 34 heavy (non-hydrogen) atoms. The number of nitrogens with zero attached hydrogens (tertiary/aromatic N) is 3. The number of carbonyl (C=O) groups is 2. The Morgan fingerprint density at radius 3 is 2.41 bits per heavy atom. The quantitative estimate of drug-likeness (QED) is 0.378. The standard InChI is InChI=1S/C26H28N6O2/c1-16-6-7-17(24(33)30-19-10-8-18(9-11-19)26(2,3)4)14-21(16)31-25(34)32(5)23-20-12-13-27-22(20)28-15-29-23/h6-15H,1-5H3,(H,30,33)(H,31,34)(H,27,28,29). The fourth-order valence-electron chi connectivity index (χ4n) is 3.58. The number of fused-ring (bicyclic) bond motifs is 1. The molecule has 0 radical (unpaired) electrons. The Hall–Kier alpha value is -4.20. The van der Waals surface area contributed by atoms with Crippen molar-refractivity contribution in [3.8, 4) is 0 Å². The monoisotopic (exact) mass is 456 g/mol. The minimum absolute atomic E-state index is 0.0401. The van der Waals surface area contributed by atoms with Crippen molar-refractivity contribution in [1.29, 1.82) is 0 Å². The molecule has 0 unspecified atom stereocenters. The third kappa shape index (κ3) is 4.76. The highest BCUT2D eigenvalue weighted by molar-refractivity contribution is 6.08. The van der Waals surface area contributed by atoms with E-state index in [1.165, 1.54) is 16.8 Å². The predicted molar refractivity (Wildman–Crippen MR) is 136 cm³/mol. The molecular weight excluding hydrogens is 428 g/mol. The smallest absolute Gasteiger partial charge is 0.327 e. The largest absolute Gasteiger partial charge is 0.346 e. The first kappa shape index (κ1) is 23.0. The number of aromatic nitrogens is 3. The lowest BCUT2D eigenvalue weighted by Crippen LogP contribution is -2.32. The van der Waals surface area contributed by atoms with Crippen molar-refractivity contribution in [2.24, 2.45) is 0 Å². The summed E-state index contributed by atoms with van der Waals surface area (Å²) < 4.78 is 0. The average Bonchev–Trinajstić information content (AvgIpc) is 3.28. The molecule has 174 valence electrons. The summed E-state index contributed by atoms with van der Waals surface area (Å²) in [6, 6.07) is 14.5. The zero-order valence-electron chi connectivity index (χ0n) is 19.9. The number of hydrogen-bond donors (Lipinski definition) is 3. The number of anilines is 3. The Morgan fingerprint density at radius 2 is 1.71 bits per heavy atom. The van der Waals surface area contributed by atoms with Crippen LogP contribution in [0.2, 0.25) is 0 Å². The van der Waals surface area contributed by atoms with Gasteiger partial charge in [0.15, 0.2) is 0 Å². The van der Waals surface area contributed by atoms with Crippen LogP contribution in [0.3, 0.4) is 0 Å². The second-order valence-electron chi connectivity index (χ2n) is 9.24. The number of rotatable bonds is 4. The van der Waals surface area contributed by atoms with Crippen molar-refractivity contribution >= 4 is 40.2 Å². The van der Waals surface area contributed by atoms with E-state index in [0.29, 0.717) is 28.4 Å². The second kappa shape index (κ2) is 8.97. The summed E-state index contributed by atoms with van der Waals surface area (Å²) in [5, 5.41) is 6.54. The van der Waals surface area contributed by atoms with E-state index >= 15 is 0 Å². The van der Waals surface area contributed by atoms with E-state index in [9.17, 15) is 9.59 Å². The van der Waals surface area contributed by atoms with Gasteiger partial charge in [0.25, 0.3) is 5.91 Å². The summed E-state index contributed by atoms with van der Waals surface area (Å²) in [5.74, 6) is 0.228. The summed E-state index contributed by atoms with van der Waals surface area (Å²) in [6.07, 6.45) is 3.15. The van der Waals surface area contributed by atoms with E-state index in [1.54, 1.807) is 25.4 Å². The van der Waals surface area contributed by atoms with Gasteiger partial charge in [-0.1, -0.05) is 39.0 Å². The Bertz CT molecular complexity index is 1350. The van der Waals surface area contributed by atoms with Gasteiger partial charge in [0.1, 0.15) is 17.8 Å². The summed E-state index contributed by atoms with van der Waals surface area (Å²) in [4.78, 5) is 38.7. The minimum atomic E-state index is -0.375. The van der Waals surface area contributed by atoms with Gasteiger partial charge < -0.3 is 15.6 Å². The first-order chi connectivity index (χ1) is 16.1. The fourth-order valence-corrected chi connectivity index (χ4v) is 3.58. The fraction of sp³-hybridized carbons (Fsp3) is 0.231. The Morgan fingerprint density at radius 1 is 0.971 bits per heavy atom. The van der Waals surface area contributed by atoms with Crippen LogP contribution in [0, 0.1) is 6.92 Å². The number of benzene rings is 2. The molecule has 0 spiro atoms. The van der Waals surface area contributed by atoms with Gasteiger partial charge in [0.05, 0.1) is 5.39 Å². The molecule has 0 aliphatic carbocycles. The molecule has 2 aromatic carbocycles. The molecule has 4 aromatic rings. The van der Waals surface area contributed by atoms with Gasteiger partial charge in [0.2, 0.25) is 0 Å². The summed E-state index contributed by atoms with van der Waals surface area (Å²) >= 11 is 0. The molecule has 0 saturated carbocycles. The van der Waals surface area contributed by atoms with Crippen LogP contribution in [0.4, 0.5) is 22.0 Å². The normalized spacial score (nSPS) is 11.3. The highest BCUT2D eigenvalue weighted by Crippen LogP contribution is 2.25. The summed E-state index contributed by atoms with van der Waals surface area (Å²) in [6.45, 7) is 8.31. The number of aryl methyl sites for hydroxylation is 1. The molecule has 2 aromatic heterocycles. The predicted octanol–water partition coefficient (Wildman–Crippen LogP) is 5.48. The number of amides is 3. The van der Waals surface area contributed by atoms with E-state index in [4.69, 9.17) is 0 Å². The van der Waals surface area contributed by atoms with E-state index in [0.717, 1.165) is 10.9 Å². The van der Waals surface area contributed by atoms with E-state index in [-0.39, 0.29) is 17.4 Å². The maximum Gasteiger partial charge on any atom is 0.327 e. The molecule has 0 saturated heterocycles. The van der Waals surface area contributed by atoms with Gasteiger partial charge in [0, 0.05) is 30.2 Å². The zero-order chi connectivity index (χ0) is 24.5. The van der Waals surface area contributed by atoms with Gasteiger partial charge >= 0.3 is 6.03 Å². The summed E-state index contributed by atoms with van der Waals surface area (Å²) in [5.41, 5.74) is 4.42. The molecule has 0 atom stereocenters. The van der Waals surface area contributed by atoms with Gasteiger partial charge in [-0.3, -0.25) is 9.69 Å². The first-order valence-corrected chi connectivity index (χ1v) is 11.0. The Balaban J connectivity index is 1.50. The van der Waals surface area contributed by atoms with Crippen molar-refractivity contribution in [3.63, 3.8) is 0 Å². The number of hydrogen-bond acceptors (Lipinski definition) is 4. The molecule has 8 nitrogen and oxygen atoms in total. The zero-order valence-corrected chi connectivity index (χ0v) is 19.9. The molecule has 4 rings (SSSR count). The molecular formula is C26H28N6O2. The number of H-pyrrole nitrogens is 1. The third-order valence-corrected chi connectivity index (χ3v) is 5.71. The molecule has 0 aliphatic heterocycles. The van der Waals surface area contributed by atoms with Crippen molar-refractivity contribution in [2.75, 3.05) is 22.6 Å². The highest BCUT2D eigenvalue weighted by atomic mass is 16.2. The topological polar surface area (TPSA) is 103 Å². The van der Waals surface area contributed by atoms with Crippen LogP contribution in [0.1, 0.15) is 42.3 Å². The van der Waals surface area contributed by atoms with Crippen LogP contribution >= 0.6 is 0 Å². The van der Waals surface area contributed by atoms with Gasteiger partial charge in [-0.2, -0.15) is 0 Å². The van der Waals surface area contributed by atoms with Crippen molar-refractivity contribution < 1.29 is 9.59 Å². The molecule has 0 aliphatic rings. The third-order valence-electron chi connectivity index (χ3n) is 5.71. The van der Waals surface area contributed by atoms with Crippen molar-refractivity contribution in [3.05, 3.63) is 77.7 Å². The SMILES string of the molecule is Cc1ccc(C(=O)Nc2ccc(C(C)(C)C)cc2)cc1NC(=O)N(C)c1ncnc2[nH]ccc12. The summed E-state index contributed by atoms with van der Waals surface area (Å²) in [7, 11) is 1.64. The van der Waals surface area contributed by atoms with Gasteiger partial charge in [-0.25, -0.2) is 14.8 Å². The lowest BCUT2D eigenvalue weighted by molar-refractivity contribution is 0.102. The molecule has 3 amide bonds. The van der Waals surface area contributed by atoms with Gasteiger partial charge in [-0.05, 0) is 53.8 Å². The minimum Gasteiger partial charge on any atom is -0.346 e. The number of urea groups is 1. The van der Waals surface area contributed by atoms with Crippen LogP contribution in [-0.4, -0.2) is 33.9 Å². The van der Waals surface area contributed by atoms with E-state index in [2.05, 4.69) is 46.4 Å². The Kier molecular flexibility index (Phi) is 6.06. The van der Waals surface area contributed by atoms with Crippen molar-refractivity contribution in [1.82, 2.24) is 15.0 Å². The van der Waals surface area contributed by atoms with Crippen LogP contribution < -0.4 is 15.5 Å². The molecule has 2 heterocycles. The van der Waals surface area contributed by atoms with Crippen LogP contribution in [0.25, 0.3) is 11.0 Å². The average molecular weight is 457 g/mol. The van der Waals surface area contributed by atoms with E-state index < -0.39 is 0 Å². The molecule has 0 fully saturated rings. The number of nitrogens with one attached hydrogen (secondary N) is 3. The van der Waals surface area contributed by atoms with Crippen LogP contribution in [0.15, 0.2) is 61.1 Å². The van der Waals surface area contributed by atoms with E-state index in [1.807, 2.05) is 43.3 Å². The molecule has 8 heteroatoms. The molecule has 3 N–H and O–H groups in total. The lowest BCUT2D eigenvalue weighted by Gasteiger charge is -2.19. The maximum absolute atomic E-state index is 13.0. The molecule has 0 bridgehead atoms. The Labute approximate surface area is 198 Å². The first-order valence-electron chi connectivity index (χ1n) is 11.0. The van der Waals surface area contributed by atoms with Gasteiger partial charge in [-0.15, -0.1) is 0 Å². The lowest BCUT2D eigenvalue weighted by atomic mass is 9.87. The second-order valence-corrected chi connectivity index (χ2v) is 9.24. The maximum atomic E-state index is 13.0. The number of carbonyl (C=O) groups excluding carboxylic acids is 2. The van der Waals surface area contributed by atoms with Crippen molar-refractivity contribution in [2.45, 2.75) is 33.1 Å². The van der Waals surface area contributed by atoms with Crippen LogP contribution in [0.5, 0.6) is 0 Å². The van der Waals surface area contributed by atoms with Crippen LogP contribution in [-0.2, 0) is 5.41 Å². The highest BCUT2D eigenvalue weighted by Gasteiger charge is 2.18.